The maximum Gasteiger partial charge on any atom is 0.0704 e. The second-order valence-electron chi connectivity index (χ2n) is 5.58. The molecule has 3 unspecified atom stereocenters. The molecule has 0 radical (unpaired) electrons. The van der Waals surface area contributed by atoms with E-state index in [-0.39, 0.29) is 0 Å². The Kier molecular flexibility index (Phi) is 5.73. The van der Waals surface area contributed by atoms with E-state index in [1.54, 1.807) is 0 Å². The minimum absolute atomic E-state index is 0.435. The molecule has 1 heterocycles. The highest BCUT2D eigenvalue weighted by atomic mass is 16.5. The van der Waals surface area contributed by atoms with Gasteiger partial charge in [-0.25, -0.2) is 0 Å². The molecule has 16 heavy (non-hydrogen) atoms. The Balaban J connectivity index is 2.18. The lowest BCUT2D eigenvalue weighted by molar-refractivity contribution is 0.0546. The molecule has 0 aromatic rings. The van der Waals surface area contributed by atoms with Crippen molar-refractivity contribution in [1.82, 2.24) is 10.2 Å². The molecule has 1 saturated heterocycles. The lowest BCUT2D eigenvalue weighted by atomic mass is 10.0. The normalized spacial score (nSPS) is 27.9. The average Bonchev–Trinajstić information content (AvgIpc) is 2.57. The van der Waals surface area contributed by atoms with E-state index in [0.717, 1.165) is 13.1 Å². The summed E-state index contributed by atoms with van der Waals surface area (Å²) < 4.78 is 5.79. The molecule has 3 nitrogen and oxygen atoms in total. The highest BCUT2D eigenvalue weighted by Crippen LogP contribution is 2.18. The number of ether oxygens (including phenoxy) is 1. The van der Waals surface area contributed by atoms with E-state index >= 15 is 0 Å². The van der Waals surface area contributed by atoms with Crippen molar-refractivity contribution in [3.05, 3.63) is 0 Å². The molecule has 0 aliphatic carbocycles. The van der Waals surface area contributed by atoms with Crippen LogP contribution < -0.4 is 5.32 Å². The molecule has 0 bridgehead atoms. The van der Waals surface area contributed by atoms with E-state index in [0.29, 0.717) is 24.2 Å². The first kappa shape index (κ1) is 13.9. The number of nitrogens with zero attached hydrogens (tertiary/aromatic N) is 1. The van der Waals surface area contributed by atoms with Crippen LogP contribution in [0.1, 0.15) is 33.6 Å². The van der Waals surface area contributed by atoms with Crippen molar-refractivity contribution in [2.45, 2.75) is 51.9 Å². The predicted octanol–water partition coefficient (Wildman–Crippen LogP) is 1.73. The Morgan fingerprint density at radius 1 is 1.31 bits per heavy atom. The van der Waals surface area contributed by atoms with Crippen molar-refractivity contribution in [3.63, 3.8) is 0 Å². The van der Waals surface area contributed by atoms with Crippen molar-refractivity contribution in [1.29, 1.82) is 0 Å². The lowest BCUT2D eigenvalue weighted by Gasteiger charge is -2.28. The zero-order valence-corrected chi connectivity index (χ0v) is 11.5. The van der Waals surface area contributed by atoms with Gasteiger partial charge in [0.1, 0.15) is 0 Å². The predicted molar refractivity (Wildman–Crippen MR) is 68.8 cm³/mol. The average molecular weight is 228 g/mol. The van der Waals surface area contributed by atoms with Gasteiger partial charge in [-0.3, -0.25) is 0 Å². The number of rotatable bonds is 6. The number of hydrogen-bond donors (Lipinski definition) is 1. The largest absolute Gasteiger partial charge is 0.374 e. The summed E-state index contributed by atoms with van der Waals surface area (Å²) in [6.45, 7) is 8.78. The minimum atomic E-state index is 0.435. The Labute approximate surface area is 101 Å². The molecule has 0 spiro atoms. The van der Waals surface area contributed by atoms with Gasteiger partial charge in [0.2, 0.25) is 0 Å². The standard InChI is InChI=1S/C13H28N2O/c1-10(2)13(15(4)5)9-14-8-12-7-6-11(3)16-12/h10-14H,6-9H2,1-5H3. The lowest BCUT2D eigenvalue weighted by Crippen LogP contribution is -2.43. The van der Waals surface area contributed by atoms with Crippen LogP contribution in [0.25, 0.3) is 0 Å². The summed E-state index contributed by atoms with van der Waals surface area (Å²) in [5.74, 6) is 0.686. The van der Waals surface area contributed by atoms with Crippen LogP contribution in [0.15, 0.2) is 0 Å². The molecule has 3 atom stereocenters. The third-order valence-electron chi connectivity index (χ3n) is 3.48. The summed E-state index contributed by atoms with van der Waals surface area (Å²) in [5, 5.41) is 3.54. The Hall–Kier alpha value is -0.120. The molecule has 1 N–H and O–H groups in total. The molecule has 0 amide bonds. The van der Waals surface area contributed by atoms with Crippen LogP contribution in [0, 0.1) is 5.92 Å². The topological polar surface area (TPSA) is 24.5 Å². The van der Waals surface area contributed by atoms with Gasteiger partial charge in [0, 0.05) is 19.1 Å². The molecule has 1 rings (SSSR count). The molecule has 1 aliphatic heterocycles. The third kappa shape index (κ3) is 4.40. The second-order valence-corrected chi connectivity index (χ2v) is 5.58. The first-order valence-electron chi connectivity index (χ1n) is 6.53. The SMILES string of the molecule is CC1CCC(CNCC(C(C)C)N(C)C)O1. The summed E-state index contributed by atoms with van der Waals surface area (Å²) >= 11 is 0. The van der Waals surface area contributed by atoms with Gasteiger partial charge in [-0.1, -0.05) is 13.8 Å². The van der Waals surface area contributed by atoms with Crippen LogP contribution in [0.3, 0.4) is 0 Å². The monoisotopic (exact) mass is 228 g/mol. The van der Waals surface area contributed by atoms with E-state index in [1.165, 1.54) is 12.8 Å². The van der Waals surface area contributed by atoms with E-state index < -0.39 is 0 Å². The summed E-state index contributed by atoms with van der Waals surface area (Å²) in [7, 11) is 4.31. The van der Waals surface area contributed by atoms with Crippen LogP contribution in [-0.4, -0.2) is 50.3 Å². The first-order chi connectivity index (χ1) is 7.50. The molecule has 0 saturated carbocycles. The maximum atomic E-state index is 5.79. The minimum Gasteiger partial charge on any atom is -0.374 e. The molecular formula is C13H28N2O. The van der Waals surface area contributed by atoms with Gasteiger partial charge in [0.25, 0.3) is 0 Å². The van der Waals surface area contributed by atoms with Crippen molar-refractivity contribution >= 4 is 0 Å². The molecule has 96 valence electrons. The molecule has 1 aliphatic rings. The van der Waals surface area contributed by atoms with E-state index in [2.05, 4.69) is 45.1 Å². The Morgan fingerprint density at radius 3 is 2.44 bits per heavy atom. The molecular weight excluding hydrogens is 200 g/mol. The summed E-state index contributed by atoms with van der Waals surface area (Å²) in [6.07, 6.45) is 3.32. The van der Waals surface area contributed by atoms with Crippen molar-refractivity contribution in [2.75, 3.05) is 27.2 Å². The molecule has 0 aromatic heterocycles. The van der Waals surface area contributed by atoms with Crippen LogP contribution in [0.4, 0.5) is 0 Å². The van der Waals surface area contributed by atoms with Gasteiger partial charge in [0.15, 0.2) is 0 Å². The maximum absolute atomic E-state index is 5.79. The highest BCUT2D eigenvalue weighted by Gasteiger charge is 2.22. The van der Waals surface area contributed by atoms with E-state index in [1.807, 2.05) is 0 Å². The number of likely N-dealkylation sites (N-methyl/N-ethyl adjacent to an activating group) is 1. The number of nitrogens with one attached hydrogen (secondary N) is 1. The highest BCUT2D eigenvalue weighted by molar-refractivity contribution is 4.76. The Morgan fingerprint density at radius 2 is 2.00 bits per heavy atom. The zero-order chi connectivity index (χ0) is 12.1. The van der Waals surface area contributed by atoms with Crippen LogP contribution in [0.5, 0.6) is 0 Å². The van der Waals surface area contributed by atoms with Crippen LogP contribution in [0.2, 0.25) is 0 Å². The van der Waals surface area contributed by atoms with Crippen molar-refractivity contribution < 1.29 is 4.74 Å². The Bertz CT molecular complexity index is 186. The van der Waals surface area contributed by atoms with Gasteiger partial charge in [-0.15, -0.1) is 0 Å². The van der Waals surface area contributed by atoms with Gasteiger partial charge in [-0.05, 0) is 39.8 Å². The summed E-state index contributed by atoms with van der Waals surface area (Å²) in [5.41, 5.74) is 0. The fourth-order valence-corrected chi connectivity index (χ4v) is 2.44. The van der Waals surface area contributed by atoms with Crippen molar-refractivity contribution in [3.8, 4) is 0 Å². The van der Waals surface area contributed by atoms with E-state index in [9.17, 15) is 0 Å². The second kappa shape index (κ2) is 6.58. The molecule has 0 aromatic carbocycles. The zero-order valence-electron chi connectivity index (χ0n) is 11.5. The number of hydrogen-bond acceptors (Lipinski definition) is 3. The van der Waals surface area contributed by atoms with Gasteiger partial charge in [0.05, 0.1) is 12.2 Å². The third-order valence-corrected chi connectivity index (χ3v) is 3.48. The smallest absolute Gasteiger partial charge is 0.0704 e. The van der Waals surface area contributed by atoms with Gasteiger partial charge in [-0.2, -0.15) is 0 Å². The summed E-state index contributed by atoms with van der Waals surface area (Å²) in [6, 6.07) is 0.610. The quantitative estimate of drug-likeness (QED) is 0.749. The van der Waals surface area contributed by atoms with Gasteiger partial charge >= 0.3 is 0 Å². The van der Waals surface area contributed by atoms with Crippen LogP contribution >= 0.6 is 0 Å². The fraction of sp³-hybridized carbons (Fsp3) is 1.00. The molecule has 3 heteroatoms. The van der Waals surface area contributed by atoms with Gasteiger partial charge < -0.3 is 15.0 Å². The van der Waals surface area contributed by atoms with Crippen LogP contribution in [-0.2, 0) is 4.74 Å². The molecule has 1 fully saturated rings. The van der Waals surface area contributed by atoms with E-state index in [4.69, 9.17) is 4.74 Å². The summed E-state index contributed by atoms with van der Waals surface area (Å²) in [4.78, 5) is 2.30. The van der Waals surface area contributed by atoms with Crippen molar-refractivity contribution in [2.24, 2.45) is 5.92 Å². The first-order valence-corrected chi connectivity index (χ1v) is 6.53. The fourth-order valence-electron chi connectivity index (χ4n) is 2.44.